The Labute approximate surface area is 337 Å². The van der Waals surface area contributed by atoms with Crippen molar-refractivity contribution >= 4 is 60.5 Å². The molecule has 0 fully saturated rings. The van der Waals surface area contributed by atoms with Gasteiger partial charge in [0.25, 0.3) is 0 Å². The van der Waals surface area contributed by atoms with Gasteiger partial charge in [-0.05, 0) is 110 Å². The smallest absolute Gasteiger partial charge is 0.143 e. The standard InChI is InChI=1S/C56H37NO/c1-2-13-38(14-3-1)40-27-31-47(32-28-40)57(48-33-29-41(30-34-48)43-18-12-19-44(35-43)45-26-25-39-15-4-5-16-42(39)36-45)53-23-10-8-22-51(53)55-49-20-7-6-17-46(49)37-52-50-21-9-11-24-54(50)58-56(52)55/h1-37H. The van der Waals surface area contributed by atoms with Crippen molar-refractivity contribution in [3.05, 3.63) is 224 Å². The van der Waals surface area contributed by atoms with E-state index in [1.165, 1.54) is 44.0 Å². The Morgan fingerprint density at radius 3 is 1.62 bits per heavy atom. The van der Waals surface area contributed by atoms with Gasteiger partial charge in [-0.2, -0.15) is 0 Å². The number of para-hydroxylation sites is 2. The molecule has 1 heterocycles. The van der Waals surface area contributed by atoms with Crippen LogP contribution in [-0.2, 0) is 0 Å². The number of nitrogens with zero attached hydrogens (tertiary/aromatic N) is 1. The number of fused-ring (bicyclic) bond motifs is 5. The van der Waals surface area contributed by atoms with E-state index in [0.717, 1.165) is 61.1 Å². The summed E-state index contributed by atoms with van der Waals surface area (Å²) in [5.74, 6) is 0. The van der Waals surface area contributed by atoms with Gasteiger partial charge in [0.2, 0.25) is 0 Å². The molecule has 0 atom stereocenters. The van der Waals surface area contributed by atoms with Gasteiger partial charge in [0.05, 0.1) is 5.69 Å². The van der Waals surface area contributed by atoms with E-state index in [4.69, 9.17) is 4.42 Å². The van der Waals surface area contributed by atoms with Crippen LogP contribution >= 0.6 is 0 Å². The Morgan fingerprint density at radius 1 is 0.310 bits per heavy atom. The molecule has 0 radical (unpaired) electrons. The highest BCUT2D eigenvalue weighted by Gasteiger charge is 2.23. The first-order valence-electron chi connectivity index (χ1n) is 19.8. The molecule has 11 aromatic rings. The summed E-state index contributed by atoms with van der Waals surface area (Å²) < 4.78 is 6.77. The van der Waals surface area contributed by atoms with Crippen molar-refractivity contribution in [1.29, 1.82) is 0 Å². The topological polar surface area (TPSA) is 16.4 Å². The summed E-state index contributed by atoms with van der Waals surface area (Å²) >= 11 is 0. The minimum absolute atomic E-state index is 0.889. The second kappa shape index (κ2) is 14.1. The van der Waals surface area contributed by atoms with Crippen molar-refractivity contribution < 1.29 is 4.42 Å². The van der Waals surface area contributed by atoms with Gasteiger partial charge in [0, 0.05) is 33.3 Å². The molecule has 272 valence electrons. The van der Waals surface area contributed by atoms with E-state index in [9.17, 15) is 0 Å². The molecule has 0 unspecified atom stereocenters. The number of furan rings is 1. The van der Waals surface area contributed by atoms with Crippen molar-refractivity contribution in [3.8, 4) is 44.5 Å². The average Bonchev–Trinajstić information content (AvgIpc) is 3.67. The minimum atomic E-state index is 0.889. The average molecular weight is 740 g/mol. The van der Waals surface area contributed by atoms with Gasteiger partial charge >= 0.3 is 0 Å². The summed E-state index contributed by atoms with van der Waals surface area (Å²) in [5, 5.41) is 7.07. The summed E-state index contributed by atoms with van der Waals surface area (Å²) in [5.41, 5.74) is 14.3. The molecule has 2 nitrogen and oxygen atoms in total. The van der Waals surface area contributed by atoms with Gasteiger partial charge in [-0.3, -0.25) is 0 Å². The Balaban J connectivity index is 1.06. The highest BCUT2D eigenvalue weighted by Crippen LogP contribution is 2.47. The van der Waals surface area contributed by atoms with E-state index >= 15 is 0 Å². The molecule has 0 aliphatic heterocycles. The van der Waals surface area contributed by atoms with Gasteiger partial charge in [0.1, 0.15) is 11.2 Å². The van der Waals surface area contributed by atoms with Crippen LogP contribution in [0.3, 0.4) is 0 Å². The van der Waals surface area contributed by atoms with Crippen molar-refractivity contribution in [2.75, 3.05) is 4.90 Å². The number of anilines is 3. The van der Waals surface area contributed by atoms with E-state index < -0.39 is 0 Å². The number of hydrogen-bond donors (Lipinski definition) is 0. The summed E-state index contributed by atoms with van der Waals surface area (Å²) in [6.07, 6.45) is 0. The Hall–Kier alpha value is -7.68. The fourth-order valence-electron chi connectivity index (χ4n) is 8.58. The second-order valence-corrected chi connectivity index (χ2v) is 14.9. The molecule has 0 aliphatic rings. The molecule has 10 aromatic carbocycles. The molecule has 0 spiro atoms. The lowest BCUT2D eigenvalue weighted by Gasteiger charge is -2.28. The zero-order valence-electron chi connectivity index (χ0n) is 31.7. The first kappa shape index (κ1) is 33.6. The number of benzene rings is 10. The summed E-state index contributed by atoms with van der Waals surface area (Å²) in [4.78, 5) is 2.38. The molecular formula is C56H37NO. The summed E-state index contributed by atoms with van der Waals surface area (Å²) in [7, 11) is 0. The molecular weight excluding hydrogens is 703 g/mol. The molecule has 0 amide bonds. The zero-order valence-corrected chi connectivity index (χ0v) is 31.7. The fraction of sp³-hybridized carbons (Fsp3) is 0. The third-order valence-electron chi connectivity index (χ3n) is 11.4. The maximum Gasteiger partial charge on any atom is 0.143 e. The number of rotatable bonds is 7. The normalized spacial score (nSPS) is 11.4. The maximum atomic E-state index is 6.77. The SMILES string of the molecule is c1ccc(-c2ccc(N(c3ccc(-c4cccc(-c5ccc6ccccc6c5)c4)cc3)c3ccccc3-c3c4ccccc4cc4c3oc3ccccc34)cc2)cc1. The van der Waals surface area contributed by atoms with Crippen molar-refractivity contribution in [1.82, 2.24) is 0 Å². The van der Waals surface area contributed by atoms with Crippen molar-refractivity contribution in [3.63, 3.8) is 0 Å². The molecule has 0 aliphatic carbocycles. The quantitative estimate of drug-likeness (QED) is 0.162. The van der Waals surface area contributed by atoms with E-state index in [1.807, 2.05) is 6.07 Å². The van der Waals surface area contributed by atoms with Gasteiger partial charge in [0.15, 0.2) is 0 Å². The van der Waals surface area contributed by atoms with Crippen LogP contribution in [0.25, 0.3) is 88.0 Å². The molecule has 58 heavy (non-hydrogen) atoms. The summed E-state index contributed by atoms with van der Waals surface area (Å²) in [6.45, 7) is 0. The molecule has 1 aromatic heterocycles. The predicted molar refractivity (Wildman–Crippen MR) is 245 cm³/mol. The van der Waals surface area contributed by atoms with Crippen LogP contribution < -0.4 is 4.90 Å². The van der Waals surface area contributed by atoms with Crippen LogP contribution in [0.15, 0.2) is 229 Å². The van der Waals surface area contributed by atoms with Crippen molar-refractivity contribution in [2.45, 2.75) is 0 Å². The van der Waals surface area contributed by atoms with E-state index in [2.05, 4.69) is 223 Å². The second-order valence-electron chi connectivity index (χ2n) is 14.9. The van der Waals surface area contributed by atoms with E-state index in [0.29, 0.717) is 0 Å². The zero-order chi connectivity index (χ0) is 38.4. The minimum Gasteiger partial charge on any atom is -0.455 e. The lowest BCUT2D eigenvalue weighted by atomic mass is 9.93. The first-order valence-corrected chi connectivity index (χ1v) is 19.8. The Bertz CT molecular complexity index is 3270. The molecule has 2 heteroatoms. The van der Waals surface area contributed by atoms with Gasteiger partial charge in [-0.25, -0.2) is 0 Å². The van der Waals surface area contributed by atoms with Crippen LogP contribution in [0.1, 0.15) is 0 Å². The molecule has 0 N–H and O–H groups in total. The van der Waals surface area contributed by atoms with Crippen LogP contribution in [0.5, 0.6) is 0 Å². The lowest BCUT2D eigenvalue weighted by Crippen LogP contribution is -2.11. The lowest BCUT2D eigenvalue weighted by molar-refractivity contribution is 0.670. The van der Waals surface area contributed by atoms with E-state index in [1.54, 1.807) is 0 Å². The summed E-state index contributed by atoms with van der Waals surface area (Å²) in [6, 6.07) is 80.6. The molecule has 11 rings (SSSR count). The van der Waals surface area contributed by atoms with E-state index in [-0.39, 0.29) is 0 Å². The monoisotopic (exact) mass is 739 g/mol. The highest BCUT2D eigenvalue weighted by molar-refractivity contribution is 6.19. The third-order valence-corrected chi connectivity index (χ3v) is 11.4. The molecule has 0 saturated carbocycles. The number of hydrogen-bond acceptors (Lipinski definition) is 2. The van der Waals surface area contributed by atoms with Crippen LogP contribution in [0, 0.1) is 0 Å². The van der Waals surface area contributed by atoms with Gasteiger partial charge < -0.3 is 9.32 Å². The van der Waals surface area contributed by atoms with Gasteiger partial charge in [-0.1, -0.05) is 170 Å². The first-order chi connectivity index (χ1) is 28.7. The van der Waals surface area contributed by atoms with Crippen molar-refractivity contribution in [2.24, 2.45) is 0 Å². The van der Waals surface area contributed by atoms with Crippen LogP contribution in [0.4, 0.5) is 17.1 Å². The van der Waals surface area contributed by atoms with Crippen LogP contribution in [-0.4, -0.2) is 0 Å². The molecule has 0 bridgehead atoms. The third kappa shape index (κ3) is 5.91. The van der Waals surface area contributed by atoms with Crippen LogP contribution in [0.2, 0.25) is 0 Å². The Morgan fingerprint density at radius 2 is 0.845 bits per heavy atom. The largest absolute Gasteiger partial charge is 0.455 e. The maximum absolute atomic E-state index is 6.77. The predicted octanol–water partition coefficient (Wildman–Crippen LogP) is 16.0. The fourth-order valence-corrected chi connectivity index (χ4v) is 8.58. The van der Waals surface area contributed by atoms with Gasteiger partial charge in [-0.15, -0.1) is 0 Å². The molecule has 0 saturated heterocycles. The highest BCUT2D eigenvalue weighted by atomic mass is 16.3. The Kier molecular flexibility index (Phi) is 8.19.